The summed E-state index contributed by atoms with van der Waals surface area (Å²) in [6.07, 6.45) is 2.60. The summed E-state index contributed by atoms with van der Waals surface area (Å²) in [6.45, 7) is 6.75. The van der Waals surface area contributed by atoms with Crippen molar-refractivity contribution in [3.63, 3.8) is 0 Å². The molecule has 6 nitrogen and oxygen atoms in total. The molecule has 1 aromatic heterocycles. The average molecular weight is 291 g/mol. The molecule has 2 bridgehead atoms. The summed E-state index contributed by atoms with van der Waals surface area (Å²) in [6, 6.07) is 2.49. The van der Waals surface area contributed by atoms with Crippen LogP contribution < -0.4 is 10.6 Å². The van der Waals surface area contributed by atoms with Crippen molar-refractivity contribution in [2.45, 2.75) is 32.4 Å². The van der Waals surface area contributed by atoms with Crippen LogP contribution in [0.4, 0.5) is 11.6 Å². The van der Waals surface area contributed by atoms with E-state index in [4.69, 9.17) is 4.74 Å². The lowest BCUT2D eigenvalue weighted by Gasteiger charge is -2.45. The molecule has 21 heavy (non-hydrogen) atoms. The van der Waals surface area contributed by atoms with Gasteiger partial charge in [-0.2, -0.15) is 0 Å². The third-order valence-corrected chi connectivity index (χ3v) is 4.45. The Morgan fingerprint density at radius 1 is 1.29 bits per heavy atom. The first-order valence-electron chi connectivity index (χ1n) is 7.91. The molecule has 0 aliphatic carbocycles. The number of fused-ring (bicyclic) bond motifs is 3. The first-order chi connectivity index (χ1) is 10.3. The van der Waals surface area contributed by atoms with E-state index in [1.54, 1.807) is 0 Å². The minimum atomic E-state index is 0.459. The van der Waals surface area contributed by atoms with E-state index in [9.17, 15) is 0 Å². The van der Waals surface area contributed by atoms with Crippen LogP contribution in [0.2, 0.25) is 0 Å². The second-order valence-corrected chi connectivity index (χ2v) is 5.83. The molecule has 1 atom stereocenters. The van der Waals surface area contributed by atoms with Gasteiger partial charge in [-0.15, -0.1) is 0 Å². The van der Waals surface area contributed by atoms with E-state index < -0.39 is 0 Å². The van der Waals surface area contributed by atoms with Gasteiger partial charge in [0.15, 0.2) is 5.82 Å². The molecule has 2 N–H and O–H groups in total. The topological polar surface area (TPSA) is 62.3 Å². The molecule has 4 heterocycles. The first kappa shape index (κ1) is 14.5. The maximum absolute atomic E-state index is 5.42. The van der Waals surface area contributed by atoms with Crippen LogP contribution in [0.25, 0.3) is 0 Å². The molecule has 3 fully saturated rings. The highest BCUT2D eigenvalue weighted by Gasteiger charge is 2.34. The Morgan fingerprint density at radius 2 is 2.05 bits per heavy atom. The van der Waals surface area contributed by atoms with Gasteiger partial charge in [0.25, 0.3) is 0 Å². The summed E-state index contributed by atoms with van der Waals surface area (Å²) in [5, 5.41) is 6.71. The van der Waals surface area contributed by atoms with Crippen LogP contribution in [0.5, 0.6) is 0 Å². The zero-order chi connectivity index (χ0) is 14.7. The number of rotatable bonds is 6. The average Bonchev–Trinajstić information content (AvgIpc) is 2.54. The van der Waals surface area contributed by atoms with E-state index in [0.717, 1.165) is 29.9 Å². The fourth-order valence-corrected chi connectivity index (χ4v) is 3.28. The third-order valence-electron chi connectivity index (χ3n) is 4.45. The smallest absolute Gasteiger partial charge is 0.158 e. The van der Waals surface area contributed by atoms with Gasteiger partial charge in [-0.25, -0.2) is 9.97 Å². The van der Waals surface area contributed by atoms with E-state index in [1.807, 2.05) is 20.0 Å². The molecule has 3 aliphatic rings. The summed E-state index contributed by atoms with van der Waals surface area (Å²) in [5.74, 6) is 3.25. The number of hydrogen-bond acceptors (Lipinski definition) is 6. The first-order valence-corrected chi connectivity index (χ1v) is 7.91. The molecule has 0 radical (unpaired) electrons. The van der Waals surface area contributed by atoms with Gasteiger partial charge in [0.05, 0.1) is 0 Å². The lowest BCUT2D eigenvalue weighted by atomic mass is 9.84. The van der Waals surface area contributed by atoms with Crippen LogP contribution in [-0.4, -0.2) is 54.2 Å². The molecule has 6 heteroatoms. The SMILES string of the molecule is CCOCc1nc(NC)cc(NC2CN3CCC2CC3)n1. The normalized spacial score (nSPS) is 27.6. The quantitative estimate of drug-likeness (QED) is 0.829. The van der Waals surface area contributed by atoms with Crippen molar-refractivity contribution in [2.75, 3.05) is 43.9 Å². The summed E-state index contributed by atoms with van der Waals surface area (Å²) in [4.78, 5) is 11.6. The number of nitrogens with zero attached hydrogens (tertiary/aromatic N) is 3. The predicted octanol–water partition coefficient (Wildman–Crippen LogP) is 1.56. The number of piperidine rings is 3. The number of ether oxygens (including phenoxy) is 1. The van der Waals surface area contributed by atoms with E-state index in [0.29, 0.717) is 19.3 Å². The molecule has 0 aromatic carbocycles. The maximum Gasteiger partial charge on any atom is 0.158 e. The maximum atomic E-state index is 5.42. The monoisotopic (exact) mass is 291 g/mol. The van der Waals surface area contributed by atoms with Crippen LogP contribution >= 0.6 is 0 Å². The summed E-state index contributed by atoms with van der Waals surface area (Å²) >= 11 is 0. The standard InChI is InChI=1S/C15H25N5O/c1-3-21-10-15-18-13(16-2)8-14(19-15)17-12-9-20-6-4-11(12)5-7-20/h8,11-12H,3-7,9-10H2,1-2H3,(H2,16,17,18,19). The van der Waals surface area contributed by atoms with Crippen LogP contribution in [0.15, 0.2) is 6.07 Å². The Kier molecular flexibility index (Phi) is 4.55. The largest absolute Gasteiger partial charge is 0.374 e. The van der Waals surface area contributed by atoms with Crippen LogP contribution in [0, 0.1) is 5.92 Å². The highest BCUT2D eigenvalue weighted by molar-refractivity contribution is 5.48. The Bertz CT molecular complexity index is 473. The highest BCUT2D eigenvalue weighted by Crippen LogP contribution is 2.29. The summed E-state index contributed by atoms with van der Waals surface area (Å²) in [5.41, 5.74) is 0. The van der Waals surface area contributed by atoms with Crippen molar-refractivity contribution >= 4 is 11.6 Å². The van der Waals surface area contributed by atoms with Gasteiger partial charge >= 0.3 is 0 Å². The summed E-state index contributed by atoms with van der Waals surface area (Å²) in [7, 11) is 1.88. The number of nitrogens with one attached hydrogen (secondary N) is 2. The molecule has 1 unspecified atom stereocenters. The molecular formula is C15H25N5O. The van der Waals surface area contributed by atoms with Gasteiger partial charge in [0.1, 0.15) is 18.2 Å². The van der Waals surface area contributed by atoms with Gasteiger partial charge in [-0.05, 0) is 38.8 Å². The lowest BCUT2D eigenvalue weighted by molar-refractivity contribution is 0.0973. The molecule has 0 amide bonds. The second kappa shape index (κ2) is 6.58. The van der Waals surface area contributed by atoms with Gasteiger partial charge in [0.2, 0.25) is 0 Å². The highest BCUT2D eigenvalue weighted by atomic mass is 16.5. The molecule has 0 saturated carbocycles. The minimum absolute atomic E-state index is 0.459. The Labute approximate surface area is 126 Å². The van der Waals surface area contributed by atoms with E-state index >= 15 is 0 Å². The van der Waals surface area contributed by atoms with E-state index in [2.05, 4.69) is 25.5 Å². The fraction of sp³-hybridized carbons (Fsp3) is 0.733. The molecule has 1 aromatic rings. The van der Waals surface area contributed by atoms with E-state index in [1.165, 1.54) is 25.9 Å². The van der Waals surface area contributed by atoms with Crippen LogP contribution in [0.3, 0.4) is 0 Å². The van der Waals surface area contributed by atoms with Crippen molar-refractivity contribution in [2.24, 2.45) is 5.92 Å². The van der Waals surface area contributed by atoms with Gasteiger partial charge in [0, 0.05) is 32.3 Å². The van der Waals surface area contributed by atoms with Gasteiger partial charge in [-0.1, -0.05) is 0 Å². The van der Waals surface area contributed by atoms with Crippen molar-refractivity contribution in [1.82, 2.24) is 14.9 Å². The van der Waals surface area contributed by atoms with Crippen molar-refractivity contribution in [3.05, 3.63) is 11.9 Å². The molecular weight excluding hydrogens is 266 g/mol. The lowest BCUT2D eigenvalue weighted by Crippen LogP contribution is -2.53. The summed E-state index contributed by atoms with van der Waals surface area (Å²) < 4.78 is 5.42. The molecule has 116 valence electrons. The molecule has 4 rings (SSSR count). The molecule has 0 spiro atoms. The Balaban J connectivity index is 1.71. The second-order valence-electron chi connectivity index (χ2n) is 5.83. The van der Waals surface area contributed by atoms with Crippen LogP contribution in [-0.2, 0) is 11.3 Å². The van der Waals surface area contributed by atoms with Crippen molar-refractivity contribution < 1.29 is 4.74 Å². The van der Waals surface area contributed by atoms with Gasteiger partial charge in [-0.3, -0.25) is 0 Å². The fourth-order valence-electron chi connectivity index (χ4n) is 3.28. The van der Waals surface area contributed by atoms with E-state index in [-0.39, 0.29) is 0 Å². The molecule has 3 saturated heterocycles. The van der Waals surface area contributed by atoms with Crippen LogP contribution in [0.1, 0.15) is 25.6 Å². The molecule has 3 aliphatic heterocycles. The zero-order valence-corrected chi connectivity index (χ0v) is 12.9. The number of anilines is 2. The Morgan fingerprint density at radius 3 is 2.67 bits per heavy atom. The zero-order valence-electron chi connectivity index (χ0n) is 12.9. The third kappa shape index (κ3) is 3.44. The predicted molar refractivity (Wildman–Crippen MR) is 83.5 cm³/mol. The minimum Gasteiger partial charge on any atom is -0.374 e. The van der Waals surface area contributed by atoms with Gasteiger partial charge < -0.3 is 20.3 Å². The van der Waals surface area contributed by atoms with Crippen molar-refractivity contribution in [3.8, 4) is 0 Å². The Hall–Kier alpha value is -1.40. The number of aromatic nitrogens is 2. The number of hydrogen-bond donors (Lipinski definition) is 2. The van der Waals surface area contributed by atoms with Crippen molar-refractivity contribution in [1.29, 1.82) is 0 Å².